The fraction of sp³-hybridized carbons (Fsp3) is 0.238. The van der Waals surface area contributed by atoms with Crippen LogP contribution >= 0.6 is 11.6 Å². The van der Waals surface area contributed by atoms with E-state index < -0.39 is 0 Å². The molecular formula is C21H21ClN4O. The molecule has 0 spiro atoms. The van der Waals surface area contributed by atoms with Gasteiger partial charge in [-0.15, -0.1) is 0 Å². The largest absolute Gasteiger partial charge is 0.328 e. The predicted molar refractivity (Wildman–Crippen MR) is 106 cm³/mol. The number of carbonyl (C=O) groups is 1. The molecule has 0 N–H and O–H groups in total. The summed E-state index contributed by atoms with van der Waals surface area (Å²) in [6.45, 7) is 2.34. The van der Waals surface area contributed by atoms with E-state index in [1.54, 1.807) is 16.9 Å². The van der Waals surface area contributed by atoms with E-state index in [4.69, 9.17) is 11.6 Å². The third kappa shape index (κ3) is 3.75. The van der Waals surface area contributed by atoms with Gasteiger partial charge in [0.2, 0.25) is 0 Å². The molecule has 138 valence electrons. The lowest BCUT2D eigenvalue weighted by atomic mass is 10.0. The van der Waals surface area contributed by atoms with Gasteiger partial charge >= 0.3 is 0 Å². The first kappa shape index (κ1) is 17.8. The Bertz CT molecular complexity index is 940. The van der Waals surface area contributed by atoms with Crippen LogP contribution < -0.4 is 0 Å². The van der Waals surface area contributed by atoms with Crippen LogP contribution in [-0.4, -0.2) is 52.2 Å². The van der Waals surface area contributed by atoms with Crippen LogP contribution in [0.15, 0.2) is 66.9 Å². The molecule has 2 aromatic carbocycles. The van der Waals surface area contributed by atoms with Crippen LogP contribution in [0.4, 0.5) is 0 Å². The van der Waals surface area contributed by atoms with Crippen molar-refractivity contribution in [3.63, 3.8) is 0 Å². The molecule has 1 fully saturated rings. The van der Waals surface area contributed by atoms with Gasteiger partial charge in [0, 0.05) is 30.9 Å². The number of piperazine rings is 1. The zero-order valence-corrected chi connectivity index (χ0v) is 15.9. The highest BCUT2D eigenvalue weighted by Crippen LogP contribution is 2.26. The maximum atomic E-state index is 13.2. The monoisotopic (exact) mass is 380 g/mol. The number of likely N-dealkylation sites (N-methyl/N-ethyl adjacent to an activating group) is 1. The van der Waals surface area contributed by atoms with Crippen LogP contribution in [0.2, 0.25) is 5.02 Å². The van der Waals surface area contributed by atoms with Gasteiger partial charge in [-0.25, -0.2) is 4.68 Å². The summed E-state index contributed by atoms with van der Waals surface area (Å²) in [5, 5.41) is 5.14. The summed E-state index contributed by atoms with van der Waals surface area (Å²) in [6, 6.07) is 19.4. The van der Waals surface area contributed by atoms with Crippen molar-refractivity contribution in [2.45, 2.75) is 6.04 Å². The minimum atomic E-state index is -0.0438. The number of halogens is 1. The van der Waals surface area contributed by atoms with Gasteiger partial charge in [0.25, 0.3) is 5.91 Å². The van der Waals surface area contributed by atoms with Crippen molar-refractivity contribution in [1.29, 1.82) is 0 Å². The molecule has 1 amide bonds. The zero-order valence-electron chi connectivity index (χ0n) is 15.1. The Morgan fingerprint density at radius 3 is 2.67 bits per heavy atom. The second-order valence-electron chi connectivity index (χ2n) is 6.81. The molecule has 5 nitrogen and oxygen atoms in total. The lowest BCUT2D eigenvalue weighted by molar-refractivity contribution is 0.0492. The fourth-order valence-electron chi connectivity index (χ4n) is 3.47. The quantitative estimate of drug-likeness (QED) is 0.696. The van der Waals surface area contributed by atoms with Gasteiger partial charge in [-0.2, -0.15) is 5.10 Å². The molecule has 2 heterocycles. The van der Waals surface area contributed by atoms with E-state index in [1.165, 1.54) is 0 Å². The lowest BCUT2D eigenvalue weighted by Gasteiger charge is -2.40. The van der Waals surface area contributed by atoms with Crippen LogP contribution in [-0.2, 0) is 0 Å². The topological polar surface area (TPSA) is 41.4 Å². The summed E-state index contributed by atoms with van der Waals surface area (Å²) in [5.74, 6) is -0.0438. The van der Waals surface area contributed by atoms with Gasteiger partial charge in [-0.05, 0) is 36.9 Å². The van der Waals surface area contributed by atoms with Crippen LogP contribution in [0.25, 0.3) is 5.69 Å². The molecule has 0 bridgehead atoms. The molecule has 1 unspecified atom stereocenters. The van der Waals surface area contributed by atoms with Crippen molar-refractivity contribution >= 4 is 17.5 Å². The van der Waals surface area contributed by atoms with Crippen LogP contribution in [0.1, 0.15) is 22.1 Å². The molecule has 1 atom stereocenters. The molecule has 0 saturated carbocycles. The molecule has 4 rings (SSSR count). The number of benzene rings is 2. The van der Waals surface area contributed by atoms with E-state index in [0.29, 0.717) is 17.3 Å². The average Bonchev–Trinajstić information content (AvgIpc) is 3.18. The number of hydrogen-bond acceptors (Lipinski definition) is 3. The number of carbonyl (C=O) groups excluding carboxylic acids is 1. The first-order chi connectivity index (χ1) is 13.1. The molecule has 1 aromatic heterocycles. The van der Waals surface area contributed by atoms with Crippen LogP contribution in [0, 0.1) is 0 Å². The Kier molecular flexibility index (Phi) is 4.97. The van der Waals surface area contributed by atoms with E-state index >= 15 is 0 Å². The molecule has 1 aliphatic heterocycles. The predicted octanol–water partition coefficient (Wildman–Crippen LogP) is 3.65. The van der Waals surface area contributed by atoms with Gasteiger partial charge < -0.3 is 9.80 Å². The average molecular weight is 381 g/mol. The highest BCUT2D eigenvalue weighted by molar-refractivity contribution is 6.30. The van der Waals surface area contributed by atoms with Crippen molar-refractivity contribution in [1.82, 2.24) is 19.6 Å². The summed E-state index contributed by atoms with van der Waals surface area (Å²) in [4.78, 5) is 17.4. The maximum absolute atomic E-state index is 13.2. The molecule has 1 saturated heterocycles. The number of nitrogens with zero attached hydrogens (tertiary/aromatic N) is 4. The third-order valence-electron chi connectivity index (χ3n) is 4.91. The summed E-state index contributed by atoms with van der Waals surface area (Å²) in [7, 11) is 2.09. The van der Waals surface area contributed by atoms with E-state index in [2.05, 4.69) is 29.2 Å². The van der Waals surface area contributed by atoms with E-state index in [-0.39, 0.29) is 11.9 Å². The number of hydrogen-bond donors (Lipinski definition) is 0. The van der Waals surface area contributed by atoms with Gasteiger partial charge in [0.05, 0.1) is 11.7 Å². The van der Waals surface area contributed by atoms with Crippen molar-refractivity contribution in [2.75, 3.05) is 26.7 Å². The Hall–Kier alpha value is -2.63. The minimum absolute atomic E-state index is 0.0220. The van der Waals surface area contributed by atoms with Gasteiger partial charge in [0.1, 0.15) is 0 Å². The number of amides is 1. The second kappa shape index (κ2) is 7.55. The van der Waals surface area contributed by atoms with E-state index in [1.807, 2.05) is 47.4 Å². The molecule has 27 heavy (non-hydrogen) atoms. The van der Waals surface area contributed by atoms with Crippen molar-refractivity contribution in [2.24, 2.45) is 0 Å². The Morgan fingerprint density at radius 2 is 1.89 bits per heavy atom. The maximum Gasteiger partial charge on any atom is 0.274 e. The van der Waals surface area contributed by atoms with Gasteiger partial charge in [-0.3, -0.25) is 4.79 Å². The van der Waals surface area contributed by atoms with Gasteiger partial charge in [0.15, 0.2) is 5.69 Å². The summed E-state index contributed by atoms with van der Waals surface area (Å²) in [5.41, 5.74) is 2.42. The molecular weight excluding hydrogens is 360 g/mol. The summed E-state index contributed by atoms with van der Waals surface area (Å²) >= 11 is 6.07. The Morgan fingerprint density at radius 1 is 1.07 bits per heavy atom. The van der Waals surface area contributed by atoms with Crippen molar-refractivity contribution in [3.8, 4) is 5.69 Å². The lowest BCUT2D eigenvalue weighted by Crippen LogP contribution is -2.49. The second-order valence-corrected chi connectivity index (χ2v) is 7.25. The Balaban J connectivity index is 1.61. The van der Waals surface area contributed by atoms with Crippen LogP contribution in [0.5, 0.6) is 0 Å². The van der Waals surface area contributed by atoms with E-state index in [9.17, 15) is 4.79 Å². The number of rotatable bonds is 3. The SMILES string of the molecule is CN1CCN(C(=O)c2ccn(-c3cccc(Cl)c3)n2)C(c2ccccc2)C1. The minimum Gasteiger partial charge on any atom is -0.328 e. The fourth-order valence-corrected chi connectivity index (χ4v) is 3.66. The van der Waals surface area contributed by atoms with Crippen molar-refractivity contribution in [3.05, 3.63) is 83.1 Å². The molecule has 3 aromatic rings. The first-order valence-corrected chi connectivity index (χ1v) is 9.36. The zero-order chi connectivity index (χ0) is 18.8. The number of aromatic nitrogens is 2. The normalized spacial score (nSPS) is 17.9. The highest BCUT2D eigenvalue weighted by Gasteiger charge is 2.31. The van der Waals surface area contributed by atoms with Crippen molar-refractivity contribution < 1.29 is 4.79 Å². The summed E-state index contributed by atoms with van der Waals surface area (Å²) < 4.78 is 1.69. The molecule has 0 aliphatic carbocycles. The first-order valence-electron chi connectivity index (χ1n) is 8.98. The summed E-state index contributed by atoms with van der Waals surface area (Å²) in [6.07, 6.45) is 1.80. The standard InChI is InChI=1S/C21H21ClN4O/c1-24-12-13-25(20(15-24)16-6-3-2-4-7-16)21(27)19-10-11-26(23-19)18-9-5-8-17(22)14-18/h2-11,14,20H,12-13,15H2,1H3. The molecule has 6 heteroatoms. The molecule has 1 aliphatic rings. The van der Waals surface area contributed by atoms with E-state index in [0.717, 1.165) is 24.3 Å². The van der Waals surface area contributed by atoms with Gasteiger partial charge in [-0.1, -0.05) is 48.0 Å². The Labute approximate surface area is 163 Å². The smallest absolute Gasteiger partial charge is 0.274 e. The van der Waals surface area contributed by atoms with Crippen LogP contribution in [0.3, 0.4) is 0 Å². The highest BCUT2D eigenvalue weighted by atomic mass is 35.5. The third-order valence-corrected chi connectivity index (χ3v) is 5.14. The molecule has 0 radical (unpaired) electrons.